The second-order valence-electron chi connectivity index (χ2n) is 3.15. The molecule has 1 fully saturated rings. The number of nitrogens with zero attached hydrogens (tertiary/aromatic N) is 2. The van der Waals surface area contributed by atoms with Crippen molar-refractivity contribution in [1.82, 2.24) is 4.90 Å². The molecule has 0 aliphatic carbocycles. The van der Waals surface area contributed by atoms with Gasteiger partial charge in [0.15, 0.2) is 5.78 Å². The zero-order valence-electron chi connectivity index (χ0n) is 7.45. The second-order valence-corrected chi connectivity index (χ2v) is 3.15. The summed E-state index contributed by atoms with van der Waals surface area (Å²) in [5.74, 6) is -0.0627. The number of rotatable bonds is 4. The molecule has 1 amide bonds. The van der Waals surface area contributed by atoms with Crippen LogP contribution in [0.15, 0.2) is 0 Å². The fourth-order valence-corrected chi connectivity index (χ4v) is 1.35. The van der Waals surface area contributed by atoms with E-state index in [4.69, 9.17) is 5.26 Å². The van der Waals surface area contributed by atoms with Crippen LogP contribution in [0.1, 0.15) is 25.7 Å². The van der Waals surface area contributed by atoms with E-state index >= 15 is 0 Å². The average Bonchev–Trinajstić information content (AvgIpc) is 2.39. The minimum Gasteiger partial charge on any atom is -0.335 e. The van der Waals surface area contributed by atoms with E-state index in [0.717, 1.165) is 12.8 Å². The minimum atomic E-state index is -0.0676. The first kappa shape index (κ1) is 9.72. The molecule has 4 heteroatoms. The monoisotopic (exact) mass is 180 g/mol. The van der Waals surface area contributed by atoms with Crippen molar-refractivity contribution in [3.8, 4) is 6.07 Å². The first-order chi connectivity index (χ1) is 6.24. The molecule has 0 unspecified atom stereocenters. The van der Waals surface area contributed by atoms with Gasteiger partial charge in [-0.1, -0.05) is 0 Å². The molecule has 0 saturated carbocycles. The highest BCUT2D eigenvalue weighted by atomic mass is 16.2. The van der Waals surface area contributed by atoms with Gasteiger partial charge in [0.2, 0.25) is 5.91 Å². The fraction of sp³-hybridized carbons (Fsp3) is 0.667. The molecular weight excluding hydrogens is 168 g/mol. The Bertz CT molecular complexity index is 255. The van der Waals surface area contributed by atoms with Crippen molar-refractivity contribution in [2.75, 3.05) is 13.1 Å². The number of ketones is 1. The maximum Gasteiger partial charge on any atom is 0.230 e. The normalized spacial score (nSPS) is 16.4. The topological polar surface area (TPSA) is 61.2 Å². The summed E-state index contributed by atoms with van der Waals surface area (Å²) in [6, 6.07) is 2.04. The Morgan fingerprint density at radius 2 is 2.15 bits per heavy atom. The SMILES string of the molecule is N#CCCCCN1CC(=O)CC1=O. The van der Waals surface area contributed by atoms with E-state index in [1.807, 2.05) is 6.07 Å². The summed E-state index contributed by atoms with van der Waals surface area (Å²) in [6.45, 7) is 0.887. The van der Waals surface area contributed by atoms with Gasteiger partial charge in [-0.3, -0.25) is 9.59 Å². The smallest absolute Gasteiger partial charge is 0.230 e. The third-order valence-corrected chi connectivity index (χ3v) is 2.03. The summed E-state index contributed by atoms with van der Waals surface area (Å²) in [6.07, 6.45) is 2.20. The molecule has 4 nitrogen and oxygen atoms in total. The maximum absolute atomic E-state index is 11.1. The lowest BCUT2D eigenvalue weighted by Crippen LogP contribution is -2.26. The number of amides is 1. The molecule has 0 radical (unpaired) electrons. The van der Waals surface area contributed by atoms with Crippen LogP contribution < -0.4 is 0 Å². The van der Waals surface area contributed by atoms with Crippen molar-refractivity contribution >= 4 is 11.7 Å². The number of likely N-dealkylation sites (tertiary alicyclic amines) is 1. The third-order valence-electron chi connectivity index (χ3n) is 2.03. The lowest BCUT2D eigenvalue weighted by Gasteiger charge is -2.12. The molecular formula is C9H12N2O2. The van der Waals surface area contributed by atoms with E-state index in [9.17, 15) is 9.59 Å². The van der Waals surface area contributed by atoms with Gasteiger partial charge in [-0.05, 0) is 12.8 Å². The van der Waals surface area contributed by atoms with E-state index in [0.29, 0.717) is 13.0 Å². The van der Waals surface area contributed by atoms with Crippen molar-refractivity contribution in [2.24, 2.45) is 0 Å². The van der Waals surface area contributed by atoms with Crippen molar-refractivity contribution < 1.29 is 9.59 Å². The van der Waals surface area contributed by atoms with Crippen LogP contribution in [-0.4, -0.2) is 29.7 Å². The van der Waals surface area contributed by atoms with Crippen molar-refractivity contribution in [2.45, 2.75) is 25.7 Å². The van der Waals surface area contributed by atoms with Crippen LogP contribution in [0.4, 0.5) is 0 Å². The molecule has 1 rings (SSSR count). The van der Waals surface area contributed by atoms with Gasteiger partial charge in [0, 0.05) is 13.0 Å². The predicted octanol–water partition coefficient (Wildman–Crippen LogP) is 0.482. The van der Waals surface area contributed by atoms with Crippen molar-refractivity contribution in [3.05, 3.63) is 0 Å². The molecule has 0 N–H and O–H groups in total. The Kier molecular flexibility index (Phi) is 3.44. The Labute approximate surface area is 77.1 Å². The zero-order chi connectivity index (χ0) is 9.68. The van der Waals surface area contributed by atoms with Gasteiger partial charge < -0.3 is 4.90 Å². The molecule has 0 atom stereocenters. The van der Waals surface area contributed by atoms with Crippen LogP contribution in [-0.2, 0) is 9.59 Å². The Morgan fingerprint density at radius 3 is 2.69 bits per heavy atom. The van der Waals surface area contributed by atoms with Crippen LogP contribution in [0.3, 0.4) is 0 Å². The molecule has 0 aromatic heterocycles. The lowest BCUT2D eigenvalue weighted by atomic mass is 10.2. The number of hydrogen-bond donors (Lipinski definition) is 0. The number of Topliss-reactive ketones (excluding diaryl/α,β-unsaturated/α-hetero) is 1. The van der Waals surface area contributed by atoms with Crippen LogP contribution in [0, 0.1) is 11.3 Å². The van der Waals surface area contributed by atoms with Gasteiger partial charge in [-0.2, -0.15) is 5.26 Å². The number of carbonyl (C=O) groups is 2. The van der Waals surface area contributed by atoms with Crippen molar-refractivity contribution in [1.29, 1.82) is 5.26 Å². The molecule has 70 valence electrons. The summed E-state index contributed by atoms with van der Waals surface area (Å²) in [4.78, 5) is 23.5. The number of nitriles is 1. The standard InChI is InChI=1S/C9H12N2O2/c10-4-2-1-3-5-11-7-8(12)6-9(11)13/h1-3,5-7H2. The Morgan fingerprint density at radius 1 is 1.38 bits per heavy atom. The largest absolute Gasteiger partial charge is 0.335 e. The number of unbranched alkanes of at least 4 members (excludes halogenated alkanes) is 2. The van der Waals surface area contributed by atoms with E-state index in [1.54, 1.807) is 4.90 Å². The first-order valence-corrected chi connectivity index (χ1v) is 4.40. The number of carbonyl (C=O) groups excluding carboxylic acids is 2. The molecule has 0 aromatic carbocycles. The molecule has 13 heavy (non-hydrogen) atoms. The summed E-state index contributed by atoms with van der Waals surface area (Å²) in [7, 11) is 0. The van der Waals surface area contributed by atoms with Crippen LogP contribution >= 0.6 is 0 Å². The van der Waals surface area contributed by atoms with E-state index in [-0.39, 0.29) is 24.7 Å². The number of hydrogen-bond acceptors (Lipinski definition) is 3. The molecule has 0 spiro atoms. The third kappa shape index (κ3) is 2.86. The Hall–Kier alpha value is -1.37. The van der Waals surface area contributed by atoms with Crippen molar-refractivity contribution in [3.63, 3.8) is 0 Å². The molecule has 1 aliphatic heterocycles. The van der Waals surface area contributed by atoms with Gasteiger partial charge in [-0.15, -0.1) is 0 Å². The summed E-state index contributed by atoms with van der Waals surface area (Å²) in [5, 5.41) is 8.27. The second kappa shape index (κ2) is 4.61. The highest BCUT2D eigenvalue weighted by molar-refractivity contribution is 6.05. The predicted molar refractivity (Wildman–Crippen MR) is 45.7 cm³/mol. The average molecular weight is 180 g/mol. The van der Waals surface area contributed by atoms with Crippen LogP contribution in [0.2, 0.25) is 0 Å². The summed E-state index contributed by atoms with van der Waals surface area (Å²) < 4.78 is 0. The van der Waals surface area contributed by atoms with E-state index in [1.165, 1.54) is 0 Å². The molecule has 1 heterocycles. The molecule has 0 bridgehead atoms. The van der Waals surface area contributed by atoms with Gasteiger partial charge >= 0.3 is 0 Å². The van der Waals surface area contributed by atoms with E-state index < -0.39 is 0 Å². The van der Waals surface area contributed by atoms with Crippen LogP contribution in [0.25, 0.3) is 0 Å². The highest BCUT2D eigenvalue weighted by Gasteiger charge is 2.26. The zero-order valence-corrected chi connectivity index (χ0v) is 7.45. The quantitative estimate of drug-likeness (QED) is 0.467. The van der Waals surface area contributed by atoms with Gasteiger partial charge in [-0.25, -0.2) is 0 Å². The van der Waals surface area contributed by atoms with Gasteiger partial charge in [0.1, 0.15) is 0 Å². The minimum absolute atomic E-state index is 0.00489. The van der Waals surface area contributed by atoms with Gasteiger partial charge in [0.25, 0.3) is 0 Å². The summed E-state index contributed by atoms with van der Waals surface area (Å²) >= 11 is 0. The molecule has 1 saturated heterocycles. The van der Waals surface area contributed by atoms with Crippen LogP contribution in [0.5, 0.6) is 0 Å². The fourth-order valence-electron chi connectivity index (χ4n) is 1.35. The summed E-state index contributed by atoms with van der Waals surface area (Å²) in [5.41, 5.74) is 0. The highest BCUT2D eigenvalue weighted by Crippen LogP contribution is 2.08. The molecule has 1 aliphatic rings. The molecule has 0 aromatic rings. The maximum atomic E-state index is 11.1. The Balaban J connectivity index is 2.19. The van der Waals surface area contributed by atoms with Gasteiger partial charge in [0.05, 0.1) is 19.0 Å². The first-order valence-electron chi connectivity index (χ1n) is 4.40. The van der Waals surface area contributed by atoms with E-state index in [2.05, 4.69) is 0 Å². The lowest BCUT2D eigenvalue weighted by molar-refractivity contribution is -0.127.